The number of halogens is 1. The number of primary amides is 1. The molecule has 0 aliphatic carbocycles. The van der Waals surface area contributed by atoms with Gasteiger partial charge in [-0.15, -0.1) is 0 Å². The number of hydrogen-bond donors (Lipinski definition) is 2. The maximum Gasteiger partial charge on any atom is 0.231 e. The molecule has 0 saturated carbocycles. The molecule has 4 nitrogen and oxygen atoms in total. The zero-order chi connectivity index (χ0) is 14.4. The van der Waals surface area contributed by atoms with Gasteiger partial charge >= 0.3 is 0 Å². The van der Waals surface area contributed by atoms with E-state index < -0.39 is 5.91 Å². The lowest BCUT2D eigenvalue weighted by molar-refractivity contribution is -0.119. The van der Waals surface area contributed by atoms with Crippen LogP contribution in [0.25, 0.3) is 0 Å². The summed E-state index contributed by atoms with van der Waals surface area (Å²) in [5.41, 5.74) is 11.7. The molecular formula is C14H22FN3O. The first-order chi connectivity index (χ1) is 8.93. The van der Waals surface area contributed by atoms with Crippen LogP contribution in [0.15, 0.2) is 18.2 Å². The van der Waals surface area contributed by atoms with Gasteiger partial charge in [-0.3, -0.25) is 9.69 Å². The van der Waals surface area contributed by atoms with Crippen molar-refractivity contribution in [3.05, 3.63) is 35.1 Å². The lowest BCUT2D eigenvalue weighted by Gasteiger charge is -2.23. The third-order valence-corrected chi connectivity index (χ3v) is 2.78. The Morgan fingerprint density at radius 2 is 2.00 bits per heavy atom. The predicted molar refractivity (Wildman–Crippen MR) is 73.6 cm³/mol. The predicted octanol–water partition coefficient (Wildman–Crippen LogP) is 1.23. The molecule has 0 spiro atoms. The van der Waals surface area contributed by atoms with Gasteiger partial charge in [0.2, 0.25) is 5.91 Å². The van der Waals surface area contributed by atoms with Crippen molar-refractivity contribution in [1.82, 2.24) is 4.90 Å². The zero-order valence-corrected chi connectivity index (χ0v) is 11.5. The fourth-order valence-corrected chi connectivity index (χ4v) is 2.08. The SMILES string of the molecule is CC(C)CN(CC(N)=O)Cc1cccc(CN)c1F. The molecule has 0 heterocycles. The van der Waals surface area contributed by atoms with Crippen molar-refractivity contribution in [3.63, 3.8) is 0 Å². The Labute approximate surface area is 113 Å². The Balaban J connectivity index is 2.86. The summed E-state index contributed by atoms with van der Waals surface area (Å²) >= 11 is 0. The number of nitrogens with zero attached hydrogens (tertiary/aromatic N) is 1. The molecule has 0 atom stereocenters. The molecular weight excluding hydrogens is 245 g/mol. The normalized spacial score (nSPS) is 11.3. The van der Waals surface area contributed by atoms with Gasteiger partial charge in [-0.05, 0) is 5.92 Å². The van der Waals surface area contributed by atoms with Crippen LogP contribution in [0.5, 0.6) is 0 Å². The van der Waals surface area contributed by atoms with Crippen LogP contribution in [0.3, 0.4) is 0 Å². The monoisotopic (exact) mass is 267 g/mol. The molecule has 1 rings (SSSR count). The van der Waals surface area contributed by atoms with Gasteiger partial charge in [0, 0.05) is 30.8 Å². The van der Waals surface area contributed by atoms with Crippen LogP contribution in [-0.2, 0) is 17.9 Å². The lowest BCUT2D eigenvalue weighted by Crippen LogP contribution is -2.36. The van der Waals surface area contributed by atoms with Crippen molar-refractivity contribution in [2.45, 2.75) is 26.9 Å². The topological polar surface area (TPSA) is 72.3 Å². The van der Waals surface area contributed by atoms with Gasteiger partial charge in [0.15, 0.2) is 0 Å². The third-order valence-electron chi connectivity index (χ3n) is 2.78. The van der Waals surface area contributed by atoms with Crippen LogP contribution < -0.4 is 11.5 Å². The van der Waals surface area contributed by atoms with Gasteiger partial charge in [0.05, 0.1) is 6.54 Å². The number of rotatable bonds is 7. The van der Waals surface area contributed by atoms with Gasteiger partial charge in [-0.25, -0.2) is 4.39 Å². The smallest absolute Gasteiger partial charge is 0.231 e. The Hall–Kier alpha value is -1.46. The minimum absolute atomic E-state index is 0.129. The van der Waals surface area contributed by atoms with Crippen LogP contribution in [0.2, 0.25) is 0 Å². The lowest BCUT2D eigenvalue weighted by atomic mass is 10.1. The molecule has 0 aromatic heterocycles. The van der Waals surface area contributed by atoms with Gasteiger partial charge in [-0.1, -0.05) is 32.0 Å². The highest BCUT2D eigenvalue weighted by Gasteiger charge is 2.14. The molecule has 19 heavy (non-hydrogen) atoms. The van der Waals surface area contributed by atoms with Gasteiger partial charge in [0.25, 0.3) is 0 Å². The minimum Gasteiger partial charge on any atom is -0.369 e. The number of nitrogens with two attached hydrogens (primary N) is 2. The maximum atomic E-state index is 14.1. The fourth-order valence-electron chi connectivity index (χ4n) is 2.08. The Kier molecular flexibility index (Phi) is 5.92. The molecule has 0 unspecified atom stereocenters. The van der Waals surface area contributed by atoms with Crippen LogP contribution >= 0.6 is 0 Å². The summed E-state index contributed by atoms with van der Waals surface area (Å²) in [6.07, 6.45) is 0. The first-order valence-corrected chi connectivity index (χ1v) is 6.41. The van der Waals surface area contributed by atoms with E-state index in [2.05, 4.69) is 0 Å². The van der Waals surface area contributed by atoms with E-state index >= 15 is 0 Å². The van der Waals surface area contributed by atoms with Crippen molar-refractivity contribution in [2.24, 2.45) is 17.4 Å². The maximum absolute atomic E-state index is 14.1. The number of hydrogen-bond acceptors (Lipinski definition) is 3. The van der Waals surface area contributed by atoms with Gasteiger partial charge < -0.3 is 11.5 Å². The highest BCUT2D eigenvalue weighted by atomic mass is 19.1. The quantitative estimate of drug-likeness (QED) is 0.780. The summed E-state index contributed by atoms with van der Waals surface area (Å²) in [7, 11) is 0. The minimum atomic E-state index is -0.406. The van der Waals surface area contributed by atoms with Crippen molar-refractivity contribution in [1.29, 1.82) is 0 Å². The highest BCUT2D eigenvalue weighted by molar-refractivity contribution is 5.75. The molecule has 0 radical (unpaired) electrons. The van der Waals surface area contributed by atoms with Crippen LogP contribution in [0.1, 0.15) is 25.0 Å². The van der Waals surface area contributed by atoms with Gasteiger partial charge in [-0.2, -0.15) is 0 Å². The molecule has 106 valence electrons. The molecule has 1 amide bonds. The Morgan fingerprint density at radius 3 is 2.53 bits per heavy atom. The molecule has 0 aliphatic heterocycles. The van der Waals surface area contributed by atoms with E-state index in [9.17, 15) is 9.18 Å². The Bertz CT molecular complexity index is 435. The van der Waals surface area contributed by atoms with Crippen LogP contribution in [-0.4, -0.2) is 23.9 Å². The molecule has 1 aromatic rings. The summed E-state index contributed by atoms with van der Waals surface area (Å²) in [5, 5.41) is 0. The standard InChI is InChI=1S/C14H22FN3O/c1-10(2)7-18(9-13(17)19)8-12-5-3-4-11(6-16)14(12)15/h3-5,10H,6-9,16H2,1-2H3,(H2,17,19). The number of amides is 1. The van der Waals surface area contributed by atoms with E-state index in [0.29, 0.717) is 30.1 Å². The van der Waals surface area contributed by atoms with Crippen LogP contribution in [0, 0.1) is 11.7 Å². The second-order valence-electron chi connectivity index (χ2n) is 5.12. The van der Waals surface area contributed by atoms with Crippen molar-refractivity contribution < 1.29 is 9.18 Å². The number of benzene rings is 1. The first-order valence-electron chi connectivity index (χ1n) is 6.41. The summed E-state index contributed by atoms with van der Waals surface area (Å²) in [6, 6.07) is 5.15. The third kappa shape index (κ3) is 4.96. The molecule has 0 bridgehead atoms. The molecule has 0 saturated heterocycles. The second kappa shape index (κ2) is 7.21. The van der Waals surface area contributed by atoms with E-state index in [4.69, 9.17) is 11.5 Å². The summed E-state index contributed by atoms with van der Waals surface area (Å²) < 4.78 is 14.1. The number of carbonyl (C=O) groups excluding carboxylic acids is 1. The summed E-state index contributed by atoms with van der Waals surface area (Å²) in [6.45, 7) is 5.43. The fraction of sp³-hybridized carbons (Fsp3) is 0.500. The largest absolute Gasteiger partial charge is 0.369 e. The number of carbonyl (C=O) groups is 1. The molecule has 4 N–H and O–H groups in total. The first kappa shape index (κ1) is 15.6. The van der Waals surface area contributed by atoms with E-state index in [0.717, 1.165) is 0 Å². The van der Waals surface area contributed by atoms with E-state index in [1.54, 1.807) is 18.2 Å². The van der Waals surface area contributed by atoms with E-state index in [-0.39, 0.29) is 18.9 Å². The van der Waals surface area contributed by atoms with Crippen LogP contribution in [0.4, 0.5) is 4.39 Å². The average molecular weight is 267 g/mol. The molecule has 5 heteroatoms. The molecule has 0 fully saturated rings. The zero-order valence-electron chi connectivity index (χ0n) is 11.5. The second-order valence-corrected chi connectivity index (χ2v) is 5.12. The van der Waals surface area contributed by atoms with E-state index in [1.807, 2.05) is 18.7 Å². The molecule has 0 aliphatic rings. The summed E-state index contributed by atoms with van der Waals surface area (Å²) in [5.74, 6) is -0.320. The summed E-state index contributed by atoms with van der Waals surface area (Å²) in [4.78, 5) is 12.9. The Morgan fingerprint density at radius 1 is 1.37 bits per heavy atom. The van der Waals surface area contributed by atoms with Crippen molar-refractivity contribution in [3.8, 4) is 0 Å². The van der Waals surface area contributed by atoms with Crippen molar-refractivity contribution in [2.75, 3.05) is 13.1 Å². The van der Waals surface area contributed by atoms with Crippen molar-refractivity contribution >= 4 is 5.91 Å². The van der Waals surface area contributed by atoms with Gasteiger partial charge in [0.1, 0.15) is 5.82 Å². The van der Waals surface area contributed by atoms with E-state index in [1.165, 1.54) is 0 Å². The highest BCUT2D eigenvalue weighted by Crippen LogP contribution is 2.15. The average Bonchev–Trinajstić information content (AvgIpc) is 2.30. The molecule has 1 aromatic carbocycles.